The number of hydrogen-bond acceptors (Lipinski definition) is 4. The minimum Gasteiger partial charge on any atom is -0.481 e. The molecule has 0 saturated heterocycles. The van der Waals surface area contributed by atoms with Crippen molar-refractivity contribution in [3.05, 3.63) is 41.6 Å². The van der Waals surface area contributed by atoms with Crippen LogP contribution in [0.15, 0.2) is 35.5 Å². The second-order valence-electron chi connectivity index (χ2n) is 4.74. The molecule has 1 aliphatic rings. The highest BCUT2D eigenvalue weighted by Crippen LogP contribution is 2.39. The lowest BCUT2D eigenvalue weighted by molar-refractivity contribution is 0.398. The molecule has 2 aromatic rings. The Bertz CT molecular complexity index is 704. The zero-order valence-electron chi connectivity index (χ0n) is 11.2. The summed E-state index contributed by atoms with van der Waals surface area (Å²) >= 11 is 0. The number of methoxy groups -OCH3 is 1. The van der Waals surface area contributed by atoms with Crippen molar-refractivity contribution in [3.63, 3.8) is 0 Å². The molecule has 1 aromatic carbocycles. The van der Waals surface area contributed by atoms with Crippen molar-refractivity contribution >= 4 is 11.8 Å². The molecule has 0 spiro atoms. The number of nitrogens with zero attached hydrogens (tertiary/aromatic N) is 2. The van der Waals surface area contributed by atoms with E-state index in [1.54, 1.807) is 19.4 Å². The van der Waals surface area contributed by atoms with E-state index >= 15 is 0 Å². The number of carbonyl (C=O) groups excluding carboxylic acids is 1. The quantitative estimate of drug-likeness (QED) is 0.633. The van der Waals surface area contributed by atoms with Gasteiger partial charge in [-0.3, -0.25) is 0 Å². The zero-order valence-corrected chi connectivity index (χ0v) is 11.2. The predicted octanol–water partition coefficient (Wildman–Crippen LogP) is 3.21. The lowest BCUT2D eigenvalue weighted by atomic mass is 9.98. The van der Waals surface area contributed by atoms with Gasteiger partial charge in [-0.15, -0.1) is 0 Å². The number of aliphatic imine (C=N–C) groups is 1. The molecular formula is C16H14N2O2. The van der Waals surface area contributed by atoms with Gasteiger partial charge < -0.3 is 4.74 Å². The Morgan fingerprint density at radius 2 is 2.20 bits per heavy atom. The Kier molecular flexibility index (Phi) is 3.32. The SMILES string of the molecule is COc1cc(-c2ccc3c(c2N=C=O)CCC3)ccn1. The number of rotatable bonds is 3. The zero-order chi connectivity index (χ0) is 13.9. The molecule has 100 valence electrons. The third-order valence-corrected chi connectivity index (χ3v) is 3.67. The number of hydrogen-bond donors (Lipinski definition) is 0. The highest BCUT2D eigenvalue weighted by molar-refractivity contribution is 5.81. The van der Waals surface area contributed by atoms with Crippen LogP contribution in [0.4, 0.5) is 5.69 Å². The maximum absolute atomic E-state index is 10.8. The minimum atomic E-state index is 0.545. The van der Waals surface area contributed by atoms with Crippen molar-refractivity contribution in [2.75, 3.05) is 7.11 Å². The number of benzene rings is 1. The Morgan fingerprint density at radius 1 is 1.30 bits per heavy atom. The van der Waals surface area contributed by atoms with E-state index in [4.69, 9.17) is 4.74 Å². The average molecular weight is 266 g/mol. The fourth-order valence-corrected chi connectivity index (χ4v) is 2.74. The van der Waals surface area contributed by atoms with Gasteiger partial charge in [-0.1, -0.05) is 12.1 Å². The van der Waals surface area contributed by atoms with Crippen molar-refractivity contribution in [1.29, 1.82) is 0 Å². The van der Waals surface area contributed by atoms with Crippen molar-refractivity contribution < 1.29 is 9.53 Å². The maximum atomic E-state index is 10.8. The van der Waals surface area contributed by atoms with Crippen LogP contribution in [0.2, 0.25) is 0 Å². The van der Waals surface area contributed by atoms with Crippen LogP contribution < -0.4 is 4.74 Å². The summed E-state index contributed by atoms with van der Waals surface area (Å²) in [5, 5.41) is 0. The summed E-state index contributed by atoms with van der Waals surface area (Å²) in [5.74, 6) is 0.545. The van der Waals surface area contributed by atoms with Gasteiger partial charge in [0, 0.05) is 17.8 Å². The predicted molar refractivity (Wildman–Crippen MR) is 76.0 cm³/mol. The number of fused-ring (bicyclic) bond motifs is 1. The number of isocyanates is 1. The van der Waals surface area contributed by atoms with Crippen LogP contribution in [0.3, 0.4) is 0 Å². The molecule has 0 N–H and O–H groups in total. The first-order chi connectivity index (χ1) is 9.83. The van der Waals surface area contributed by atoms with E-state index in [2.05, 4.69) is 16.0 Å². The van der Waals surface area contributed by atoms with Gasteiger partial charge in [-0.25, -0.2) is 9.78 Å². The van der Waals surface area contributed by atoms with Gasteiger partial charge in [0.15, 0.2) is 0 Å². The molecule has 1 aliphatic carbocycles. The van der Waals surface area contributed by atoms with Gasteiger partial charge in [0.2, 0.25) is 12.0 Å². The summed E-state index contributed by atoms with van der Waals surface area (Å²) in [6, 6.07) is 7.87. The fraction of sp³-hybridized carbons (Fsp3) is 0.250. The van der Waals surface area contributed by atoms with Crippen molar-refractivity contribution in [1.82, 2.24) is 4.98 Å². The van der Waals surface area contributed by atoms with Crippen LogP contribution in [0.5, 0.6) is 5.88 Å². The molecule has 1 heterocycles. The van der Waals surface area contributed by atoms with Crippen molar-refractivity contribution in [2.24, 2.45) is 4.99 Å². The Labute approximate surface area is 117 Å². The van der Waals surface area contributed by atoms with E-state index in [0.717, 1.165) is 36.1 Å². The summed E-state index contributed by atoms with van der Waals surface area (Å²) in [5.41, 5.74) is 5.06. The summed E-state index contributed by atoms with van der Waals surface area (Å²) in [6.07, 6.45) is 6.50. The summed E-state index contributed by atoms with van der Waals surface area (Å²) in [6.45, 7) is 0. The first-order valence-electron chi connectivity index (χ1n) is 6.56. The third kappa shape index (κ3) is 2.10. The standard InChI is InChI=1S/C16H14N2O2/c1-20-15-9-12(7-8-17-15)14-6-5-11-3-2-4-13(11)16(14)18-10-19/h5-9H,2-4H2,1H3. The second kappa shape index (κ2) is 5.27. The van der Waals surface area contributed by atoms with E-state index in [-0.39, 0.29) is 0 Å². The number of aromatic nitrogens is 1. The van der Waals surface area contributed by atoms with Crippen LogP contribution in [0.1, 0.15) is 17.5 Å². The minimum absolute atomic E-state index is 0.545. The molecule has 0 bridgehead atoms. The van der Waals surface area contributed by atoms with Crippen molar-refractivity contribution in [3.8, 4) is 17.0 Å². The van der Waals surface area contributed by atoms with E-state index in [9.17, 15) is 4.79 Å². The Hall–Kier alpha value is -2.45. The number of aryl methyl sites for hydroxylation is 1. The molecule has 1 aromatic heterocycles. The van der Waals surface area contributed by atoms with Gasteiger partial charge in [-0.2, -0.15) is 4.99 Å². The molecular weight excluding hydrogens is 252 g/mol. The van der Waals surface area contributed by atoms with E-state index in [1.165, 1.54) is 11.1 Å². The smallest absolute Gasteiger partial charge is 0.240 e. The normalized spacial score (nSPS) is 12.7. The van der Waals surface area contributed by atoms with Gasteiger partial charge in [-0.05, 0) is 42.0 Å². The van der Waals surface area contributed by atoms with Gasteiger partial charge >= 0.3 is 0 Å². The first-order valence-corrected chi connectivity index (χ1v) is 6.56. The summed E-state index contributed by atoms with van der Waals surface area (Å²) in [7, 11) is 1.58. The highest BCUT2D eigenvalue weighted by Gasteiger charge is 2.18. The molecule has 0 fully saturated rings. The van der Waals surface area contributed by atoms with E-state index in [1.807, 2.05) is 18.2 Å². The van der Waals surface area contributed by atoms with E-state index < -0.39 is 0 Å². The molecule has 0 aliphatic heterocycles. The molecule has 0 radical (unpaired) electrons. The van der Waals surface area contributed by atoms with E-state index in [0.29, 0.717) is 5.88 Å². The molecule has 0 saturated carbocycles. The molecule has 4 nitrogen and oxygen atoms in total. The molecule has 0 amide bonds. The molecule has 4 heteroatoms. The van der Waals surface area contributed by atoms with Gasteiger partial charge in [0.05, 0.1) is 12.8 Å². The van der Waals surface area contributed by atoms with Gasteiger partial charge in [0.1, 0.15) is 0 Å². The second-order valence-corrected chi connectivity index (χ2v) is 4.74. The van der Waals surface area contributed by atoms with Crippen LogP contribution >= 0.6 is 0 Å². The maximum Gasteiger partial charge on any atom is 0.240 e. The van der Waals surface area contributed by atoms with Crippen LogP contribution in [0, 0.1) is 0 Å². The first kappa shape index (κ1) is 12.6. The third-order valence-electron chi connectivity index (χ3n) is 3.67. The Balaban J connectivity index is 2.20. The van der Waals surface area contributed by atoms with Crippen LogP contribution in [-0.4, -0.2) is 18.2 Å². The Morgan fingerprint density at radius 3 is 3.00 bits per heavy atom. The monoisotopic (exact) mass is 266 g/mol. The lowest BCUT2D eigenvalue weighted by Crippen LogP contribution is -1.90. The highest BCUT2D eigenvalue weighted by atomic mass is 16.5. The molecule has 3 rings (SSSR count). The molecule has 0 unspecified atom stereocenters. The van der Waals surface area contributed by atoms with Crippen LogP contribution in [-0.2, 0) is 17.6 Å². The van der Waals surface area contributed by atoms with Crippen molar-refractivity contribution in [2.45, 2.75) is 19.3 Å². The summed E-state index contributed by atoms with van der Waals surface area (Å²) in [4.78, 5) is 18.8. The largest absolute Gasteiger partial charge is 0.481 e. The van der Waals surface area contributed by atoms with Gasteiger partial charge in [0.25, 0.3) is 0 Å². The topological polar surface area (TPSA) is 51.5 Å². The molecule has 20 heavy (non-hydrogen) atoms. The average Bonchev–Trinajstić information content (AvgIpc) is 2.97. The molecule has 0 atom stereocenters. The fourth-order valence-electron chi connectivity index (χ4n) is 2.74. The summed E-state index contributed by atoms with van der Waals surface area (Å²) < 4.78 is 5.15. The van der Waals surface area contributed by atoms with Crippen LogP contribution in [0.25, 0.3) is 11.1 Å². The lowest BCUT2D eigenvalue weighted by Gasteiger charge is -2.10. The number of ether oxygens (including phenoxy) is 1. The number of pyridine rings is 1.